The maximum Gasteiger partial charge on any atom is 0.326 e. The number of nitrogens with one attached hydrogen (secondary N) is 2. The van der Waals surface area contributed by atoms with E-state index in [2.05, 4.69) is 24.5 Å². The number of carbonyl (C=O) groups is 2. The van der Waals surface area contributed by atoms with Crippen molar-refractivity contribution >= 4 is 12.0 Å². The Morgan fingerprint density at radius 2 is 1.67 bits per heavy atom. The van der Waals surface area contributed by atoms with Gasteiger partial charge in [0.05, 0.1) is 0 Å². The van der Waals surface area contributed by atoms with E-state index in [1.54, 1.807) is 0 Å². The molecule has 0 aromatic heterocycles. The third-order valence-electron chi connectivity index (χ3n) is 3.76. The highest BCUT2D eigenvalue weighted by atomic mass is 16.4. The molecule has 0 aromatic carbocycles. The van der Waals surface area contributed by atoms with E-state index in [0.717, 1.165) is 18.8 Å². The molecule has 0 fully saturated rings. The normalized spacial score (nSPS) is 13.8. The zero-order chi connectivity index (χ0) is 16.3. The van der Waals surface area contributed by atoms with Crippen LogP contribution in [-0.2, 0) is 4.79 Å². The topological polar surface area (TPSA) is 78.4 Å². The molecule has 0 bridgehead atoms. The van der Waals surface area contributed by atoms with E-state index in [1.165, 1.54) is 19.3 Å². The van der Waals surface area contributed by atoms with Gasteiger partial charge >= 0.3 is 12.0 Å². The first-order valence-electron chi connectivity index (χ1n) is 8.15. The first-order valence-corrected chi connectivity index (χ1v) is 8.15. The largest absolute Gasteiger partial charge is 0.480 e. The van der Waals surface area contributed by atoms with Crippen LogP contribution < -0.4 is 10.6 Å². The molecule has 0 aliphatic rings. The lowest BCUT2D eigenvalue weighted by atomic mass is 9.99. The van der Waals surface area contributed by atoms with Gasteiger partial charge in [-0.2, -0.15) is 0 Å². The SMILES string of the molecule is CCC(C)[C@H](NC(=O)NCCCCCCC(C)C)C(=O)O. The van der Waals surface area contributed by atoms with Gasteiger partial charge in [0.15, 0.2) is 0 Å². The lowest BCUT2D eigenvalue weighted by Crippen LogP contribution is -2.49. The number of urea groups is 1. The lowest BCUT2D eigenvalue weighted by molar-refractivity contribution is -0.140. The van der Waals surface area contributed by atoms with Crippen LogP contribution in [0.3, 0.4) is 0 Å². The molecule has 0 aliphatic carbocycles. The quantitative estimate of drug-likeness (QED) is 0.512. The average Bonchev–Trinajstić information content (AvgIpc) is 2.42. The molecule has 3 N–H and O–H groups in total. The van der Waals surface area contributed by atoms with Gasteiger partial charge in [-0.3, -0.25) is 0 Å². The minimum Gasteiger partial charge on any atom is -0.480 e. The van der Waals surface area contributed by atoms with Crippen molar-refractivity contribution in [2.75, 3.05) is 6.54 Å². The maximum atomic E-state index is 11.7. The molecule has 0 heterocycles. The minimum atomic E-state index is -0.979. The number of hydrogen-bond donors (Lipinski definition) is 3. The Kier molecular flexibility index (Phi) is 10.7. The molecule has 0 saturated heterocycles. The van der Waals surface area contributed by atoms with Gasteiger partial charge in [-0.1, -0.05) is 59.8 Å². The fourth-order valence-electron chi connectivity index (χ4n) is 2.11. The predicted molar refractivity (Wildman–Crippen MR) is 85.3 cm³/mol. The molecule has 1 unspecified atom stereocenters. The smallest absolute Gasteiger partial charge is 0.326 e. The molecule has 2 amide bonds. The van der Waals surface area contributed by atoms with E-state index in [-0.39, 0.29) is 11.9 Å². The van der Waals surface area contributed by atoms with Crippen molar-refractivity contribution < 1.29 is 14.7 Å². The molecule has 0 saturated carbocycles. The summed E-state index contributed by atoms with van der Waals surface area (Å²) in [5, 5.41) is 14.4. The van der Waals surface area contributed by atoms with Crippen molar-refractivity contribution in [1.29, 1.82) is 0 Å². The molecule has 124 valence electrons. The van der Waals surface area contributed by atoms with E-state index in [0.29, 0.717) is 13.0 Å². The van der Waals surface area contributed by atoms with Crippen LogP contribution in [0.4, 0.5) is 4.79 Å². The number of rotatable bonds is 11. The van der Waals surface area contributed by atoms with E-state index in [9.17, 15) is 9.59 Å². The summed E-state index contributed by atoms with van der Waals surface area (Å²) in [6.07, 6.45) is 6.43. The fourth-order valence-corrected chi connectivity index (χ4v) is 2.11. The average molecular weight is 300 g/mol. The Balaban J connectivity index is 3.76. The Bertz CT molecular complexity index is 306. The Morgan fingerprint density at radius 1 is 1.05 bits per heavy atom. The summed E-state index contributed by atoms with van der Waals surface area (Å²) in [6.45, 7) is 8.79. The lowest BCUT2D eigenvalue weighted by Gasteiger charge is -2.20. The monoisotopic (exact) mass is 300 g/mol. The summed E-state index contributed by atoms with van der Waals surface area (Å²) in [6, 6.07) is -1.20. The third kappa shape index (κ3) is 10.2. The van der Waals surface area contributed by atoms with Crippen LogP contribution in [0.25, 0.3) is 0 Å². The summed E-state index contributed by atoms with van der Waals surface area (Å²) in [4.78, 5) is 22.8. The Morgan fingerprint density at radius 3 is 2.19 bits per heavy atom. The van der Waals surface area contributed by atoms with Crippen molar-refractivity contribution in [3.63, 3.8) is 0 Å². The molecule has 21 heavy (non-hydrogen) atoms. The number of aliphatic carboxylic acids is 1. The first-order chi connectivity index (χ1) is 9.88. The van der Waals surface area contributed by atoms with Gasteiger partial charge in [-0.15, -0.1) is 0 Å². The summed E-state index contributed by atoms with van der Waals surface area (Å²) in [5.41, 5.74) is 0. The number of hydrogen-bond acceptors (Lipinski definition) is 2. The molecule has 5 heteroatoms. The van der Waals surface area contributed by atoms with E-state index >= 15 is 0 Å². The number of unbranched alkanes of at least 4 members (excludes halogenated alkanes) is 3. The van der Waals surface area contributed by atoms with Crippen molar-refractivity contribution in [3.8, 4) is 0 Å². The number of amides is 2. The maximum absolute atomic E-state index is 11.7. The van der Waals surface area contributed by atoms with Crippen LogP contribution in [0.1, 0.15) is 66.2 Å². The molecule has 0 spiro atoms. The van der Waals surface area contributed by atoms with Crippen molar-refractivity contribution in [2.45, 2.75) is 72.3 Å². The van der Waals surface area contributed by atoms with Crippen LogP contribution in [0.5, 0.6) is 0 Å². The zero-order valence-electron chi connectivity index (χ0n) is 13.9. The van der Waals surface area contributed by atoms with Gasteiger partial charge in [0.25, 0.3) is 0 Å². The zero-order valence-corrected chi connectivity index (χ0v) is 13.9. The second kappa shape index (κ2) is 11.4. The van der Waals surface area contributed by atoms with Crippen LogP contribution in [0.2, 0.25) is 0 Å². The fraction of sp³-hybridized carbons (Fsp3) is 0.875. The molecular formula is C16H32N2O3. The van der Waals surface area contributed by atoms with E-state index in [1.807, 2.05) is 13.8 Å². The van der Waals surface area contributed by atoms with Crippen molar-refractivity contribution in [1.82, 2.24) is 10.6 Å². The van der Waals surface area contributed by atoms with E-state index in [4.69, 9.17) is 5.11 Å². The van der Waals surface area contributed by atoms with Gasteiger partial charge in [0.2, 0.25) is 0 Å². The van der Waals surface area contributed by atoms with E-state index < -0.39 is 12.0 Å². The molecule has 2 atom stereocenters. The highest BCUT2D eigenvalue weighted by molar-refractivity contribution is 5.82. The summed E-state index contributed by atoms with van der Waals surface area (Å²) in [5.74, 6) is -0.306. The standard InChI is InChI=1S/C16H32N2O3/c1-5-13(4)14(15(19)20)18-16(21)17-11-9-7-6-8-10-12(2)3/h12-14H,5-11H2,1-4H3,(H,19,20)(H2,17,18,21)/t13?,14-/m0/s1. The van der Waals surface area contributed by atoms with Gasteiger partial charge in [0.1, 0.15) is 6.04 Å². The number of carboxylic acids is 1. The first kappa shape index (κ1) is 19.7. The summed E-state index contributed by atoms with van der Waals surface area (Å²) in [7, 11) is 0. The number of carboxylic acid groups (broad SMARTS) is 1. The highest BCUT2D eigenvalue weighted by Crippen LogP contribution is 2.09. The molecule has 5 nitrogen and oxygen atoms in total. The number of carbonyl (C=O) groups excluding carboxylic acids is 1. The molecule has 0 aliphatic heterocycles. The van der Waals surface area contributed by atoms with Gasteiger partial charge < -0.3 is 15.7 Å². The second-order valence-electron chi connectivity index (χ2n) is 6.20. The van der Waals surface area contributed by atoms with Crippen molar-refractivity contribution in [2.24, 2.45) is 11.8 Å². The van der Waals surface area contributed by atoms with Crippen molar-refractivity contribution in [3.05, 3.63) is 0 Å². The predicted octanol–water partition coefficient (Wildman–Crippen LogP) is 3.39. The van der Waals surface area contributed by atoms with Crippen LogP contribution in [0, 0.1) is 11.8 Å². The molecular weight excluding hydrogens is 268 g/mol. The van der Waals surface area contributed by atoms with Gasteiger partial charge in [0, 0.05) is 6.54 Å². The van der Waals surface area contributed by atoms with Gasteiger partial charge in [-0.25, -0.2) is 9.59 Å². The van der Waals surface area contributed by atoms with Crippen LogP contribution >= 0.6 is 0 Å². The molecule has 0 radical (unpaired) electrons. The minimum absolute atomic E-state index is 0.0794. The van der Waals surface area contributed by atoms with Gasteiger partial charge in [-0.05, 0) is 18.3 Å². The second-order valence-corrected chi connectivity index (χ2v) is 6.20. The summed E-state index contributed by atoms with van der Waals surface area (Å²) < 4.78 is 0. The highest BCUT2D eigenvalue weighted by Gasteiger charge is 2.24. The third-order valence-corrected chi connectivity index (χ3v) is 3.76. The Hall–Kier alpha value is -1.26. The van der Waals surface area contributed by atoms with Crippen LogP contribution in [-0.4, -0.2) is 29.7 Å². The summed E-state index contributed by atoms with van der Waals surface area (Å²) >= 11 is 0. The molecule has 0 aromatic rings. The van der Waals surface area contributed by atoms with Crippen LogP contribution in [0.15, 0.2) is 0 Å². The Labute approximate surface area is 128 Å². The molecule has 0 rings (SSSR count).